The summed E-state index contributed by atoms with van der Waals surface area (Å²) in [6.07, 6.45) is 5.31. The Kier molecular flexibility index (Phi) is 2.99. The van der Waals surface area contributed by atoms with Crippen molar-refractivity contribution in [1.82, 2.24) is 9.38 Å². The molecule has 0 fully saturated rings. The lowest BCUT2D eigenvalue weighted by molar-refractivity contribution is 0.102. The van der Waals surface area contributed by atoms with Gasteiger partial charge in [-0.25, -0.2) is 4.98 Å². The van der Waals surface area contributed by atoms with E-state index in [1.165, 1.54) is 0 Å². The second-order valence-electron chi connectivity index (χ2n) is 4.81. The van der Waals surface area contributed by atoms with Gasteiger partial charge in [-0.15, -0.1) is 0 Å². The first-order valence-electron chi connectivity index (χ1n) is 6.45. The Labute approximate surface area is 117 Å². The van der Waals surface area contributed by atoms with Gasteiger partial charge in [0.2, 0.25) is 0 Å². The van der Waals surface area contributed by atoms with Crippen LogP contribution < -0.4 is 5.32 Å². The van der Waals surface area contributed by atoms with Crippen molar-refractivity contribution in [3.8, 4) is 0 Å². The number of nitrogens with one attached hydrogen (secondary N) is 1. The minimum absolute atomic E-state index is 0.116. The molecule has 0 unspecified atom stereocenters. The molecule has 3 aromatic rings. The smallest absolute Gasteiger partial charge is 0.257 e. The van der Waals surface area contributed by atoms with Crippen molar-refractivity contribution in [3.05, 3.63) is 65.6 Å². The number of anilines is 1. The molecule has 1 N–H and O–H groups in total. The summed E-state index contributed by atoms with van der Waals surface area (Å²) in [6, 6.07) is 9.50. The van der Waals surface area contributed by atoms with Crippen LogP contribution in [0.4, 0.5) is 5.69 Å². The van der Waals surface area contributed by atoms with Crippen molar-refractivity contribution in [3.63, 3.8) is 0 Å². The molecule has 3 rings (SSSR count). The van der Waals surface area contributed by atoms with Crippen molar-refractivity contribution in [2.75, 3.05) is 5.32 Å². The first-order chi connectivity index (χ1) is 9.65. The summed E-state index contributed by atoms with van der Waals surface area (Å²) < 4.78 is 1.83. The highest BCUT2D eigenvalue weighted by Crippen LogP contribution is 2.19. The molecular weight excluding hydrogens is 250 g/mol. The molecule has 1 amide bonds. The number of amides is 1. The second kappa shape index (κ2) is 4.81. The summed E-state index contributed by atoms with van der Waals surface area (Å²) in [5, 5.41) is 2.95. The lowest BCUT2D eigenvalue weighted by Crippen LogP contribution is -2.13. The van der Waals surface area contributed by atoms with Crippen LogP contribution >= 0.6 is 0 Å². The number of hydrogen-bond donors (Lipinski definition) is 1. The normalized spacial score (nSPS) is 10.7. The number of hydrogen-bond acceptors (Lipinski definition) is 2. The summed E-state index contributed by atoms with van der Waals surface area (Å²) in [5.41, 5.74) is 4.53. The molecule has 0 aliphatic heterocycles. The van der Waals surface area contributed by atoms with Gasteiger partial charge in [0.1, 0.15) is 5.65 Å². The van der Waals surface area contributed by atoms with Gasteiger partial charge in [-0.3, -0.25) is 4.79 Å². The molecule has 0 aliphatic rings. The molecule has 4 heteroatoms. The van der Waals surface area contributed by atoms with Gasteiger partial charge in [0.15, 0.2) is 0 Å². The van der Waals surface area contributed by atoms with Gasteiger partial charge in [0, 0.05) is 24.3 Å². The van der Waals surface area contributed by atoms with Crippen molar-refractivity contribution in [2.45, 2.75) is 13.8 Å². The molecule has 0 saturated heterocycles. The first kappa shape index (κ1) is 12.4. The molecule has 4 nitrogen and oxygen atoms in total. The van der Waals surface area contributed by atoms with E-state index in [1.807, 2.05) is 48.7 Å². The maximum Gasteiger partial charge on any atom is 0.257 e. The predicted octanol–water partition coefficient (Wildman–Crippen LogP) is 3.20. The molecule has 0 spiro atoms. The minimum atomic E-state index is -0.116. The number of aromatic nitrogens is 2. The predicted molar refractivity (Wildman–Crippen MR) is 79.1 cm³/mol. The Morgan fingerprint density at radius 2 is 2.05 bits per heavy atom. The van der Waals surface area contributed by atoms with Crippen molar-refractivity contribution < 1.29 is 4.79 Å². The standard InChI is InChI=1S/C16H15N3O/c1-11-4-3-5-14(12(11)2)18-16(20)13-6-7-15-17-8-9-19(15)10-13/h3-10H,1-2H3,(H,18,20). The third kappa shape index (κ3) is 2.16. The number of carbonyl (C=O) groups is 1. The fraction of sp³-hybridized carbons (Fsp3) is 0.125. The quantitative estimate of drug-likeness (QED) is 0.773. The molecule has 20 heavy (non-hydrogen) atoms. The number of benzene rings is 1. The highest BCUT2D eigenvalue weighted by Gasteiger charge is 2.09. The Hall–Kier alpha value is -2.62. The van der Waals surface area contributed by atoms with Crippen LogP contribution in [0.2, 0.25) is 0 Å². The van der Waals surface area contributed by atoms with E-state index in [1.54, 1.807) is 18.5 Å². The number of imidazole rings is 1. The lowest BCUT2D eigenvalue weighted by atomic mass is 10.1. The van der Waals surface area contributed by atoms with Gasteiger partial charge >= 0.3 is 0 Å². The highest BCUT2D eigenvalue weighted by molar-refractivity contribution is 6.04. The number of aryl methyl sites for hydroxylation is 1. The zero-order valence-electron chi connectivity index (χ0n) is 11.4. The van der Waals surface area contributed by atoms with E-state index < -0.39 is 0 Å². The summed E-state index contributed by atoms with van der Waals surface area (Å²) >= 11 is 0. The monoisotopic (exact) mass is 265 g/mol. The number of nitrogens with zero attached hydrogens (tertiary/aromatic N) is 2. The molecule has 2 aromatic heterocycles. The molecule has 0 aliphatic carbocycles. The van der Waals surface area contributed by atoms with Crippen LogP contribution in [-0.4, -0.2) is 15.3 Å². The molecule has 0 bridgehead atoms. The largest absolute Gasteiger partial charge is 0.322 e. The number of pyridine rings is 1. The fourth-order valence-electron chi connectivity index (χ4n) is 2.14. The summed E-state index contributed by atoms with van der Waals surface area (Å²) in [7, 11) is 0. The number of carbonyl (C=O) groups excluding carboxylic acids is 1. The van der Waals surface area contributed by atoms with Gasteiger partial charge in [0.05, 0.1) is 5.56 Å². The summed E-state index contributed by atoms with van der Waals surface area (Å²) in [4.78, 5) is 16.5. The van der Waals surface area contributed by atoms with Crippen molar-refractivity contribution in [1.29, 1.82) is 0 Å². The van der Waals surface area contributed by atoms with Crippen LogP contribution in [0, 0.1) is 13.8 Å². The maximum absolute atomic E-state index is 12.3. The van der Waals surface area contributed by atoms with Gasteiger partial charge in [-0.2, -0.15) is 0 Å². The van der Waals surface area contributed by atoms with Crippen LogP contribution in [0.1, 0.15) is 21.5 Å². The lowest BCUT2D eigenvalue weighted by Gasteiger charge is -2.10. The molecule has 100 valence electrons. The molecule has 0 saturated carbocycles. The Bertz CT molecular complexity index is 789. The van der Waals surface area contributed by atoms with Crippen molar-refractivity contribution in [2.24, 2.45) is 0 Å². The van der Waals surface area contributed by atoms with Crippen molar-refractivity contribution >= 4 is 17.2 Å². The summed E-state index contributed by atoms with van der Waals surface area (Å²) in [6.45, 7) is 4.03. The third-order valence-corrected chi connectivity index (χ3v) is 3.50. The fourth-order valence-corrected chi connectivity index (χ4v) is 2.14. The topological polar surface area (TPSA) is 46.4 Å². The van der Waals surface area contributed by atoms with E-state index >= 15 is 0 Å². The third-order valence-electron chi connectivity index (χ3n) is 3.50. The molecule has 2 heterocycles. The van der Waals surface area contributed by atoms with Gasteiger partial charge < -0.3 is 9.72 Å². The number of fused-ring (bicyclic) bond motifs is 1. The van der Waals surface area contributed by atoms with Gasteiger partial charge in [-0.1, -0.05) is 12.1 Å². The number of rotatable bonds is 2. The van der Waals surface area contributed by atoms with Crippen LogP contribution in [0.15, 0.2) is 48.9 Å². The highest BCUT2D eigenvalue weighted by atomic mass is 16.1. The van der Waals surface area contributed by atoms with E-state index in [0.29, 0.717) is 5.56 Å². The van der Waals surface area contributed by atoms with E-state index in [2.05, 4.69) is 10.3 Å². The zero-order valence-corrected chi connectivity index (χ0v) is 11.4. The zero-order chi connectivity index (χ0) is 14.1. The average molecular weight is 265 g/mol. The molecule has 0 radical (unpaired) electrons. The first-order valence-corrected chi connectivity index (χ1v) is 6.45. The Morgan fingerprint density at radius 3 is 2.90 bits per heavy atom. The van der Waals surface area contributed by atoms with Crippen LogP contribution in [0.25, 0.3) is 5.65 Å². The van der Waals surface area contributed by atoms with Crippen LogP contribution in [0.3, 0.4) is 0 Å². The van der Waals surface area contributed by atoms with Gasteiger partial charge in [-0.05, 0) is 43.2 Å². The maximum atomic E-state index is 12.3. The molecule has 0 atom stereocenters. The van der Waals surface area contributed by atoms with E-state index in [9.17, 15) is 4.79 Å². The second-order valence-corrected chi connectivity index (χ2v) is 4.81. The minimum Gasteiger partial charge on any atom is -0.322 e. The Balaban J connectivity index is 1.90. The van der Waals surface area contributed by atoms with E-state index in [0.717, 1.165) is 22.5 Å². The molecule has 1 aromatic carbocycles. The van der Waals surface area contributed by atoms with Gasteiger partial charge in [0.25, 0.3) is 5.91 Å². The SMILES string of the molecule is Cc1cccc(NC(=O)c2ccc3nccn3c2)c1C. The van der Waals surface area contributed by atoms with E-state index in [-0.39, 0.29) is 5.91 Å². The van der Waals surface area contributed by atoms with E-state index in [4.69, 9.17) is 0 Å². The van der Waals surface area contributed by atoms with Crippen LogP contribution in [0.5, 0.6) is 0 Å². The molecular formula is C16H15N3O. The summed E-state index contributed by atoms with van der Waals surface area (Å²) in [5.74, 6) is -0.116. The average Bonchev–Trinajstić information content (AvgIpc) is 2.91. The van der Waals surface area contributed by atoms with Crippen LogP contribution in [-0.2, 0) is 0 Å². The Morgan fingerprint density at radius 1 is 1.20 bits per heavy atom.